The molecule has 1 aliphatic heterocycles. The molecule has 14 heavy (non-hydrogen) atoms. The number of nitro groups is 1. The van der Waals surface area contributed by atoms with Gasteiger partial charge in [-0.1, -0.05) is 0 Å². The van der Waals surface area contributed by atoms with Gasteiger partial charge in [0.1, 0.15) is 4.47 Å². The second-order valence-electron chi connectivity index (χ2n) is 2.51. The van der Waals surface area contributed by atoms with Gasteiger partial charge < -0.3 is 9.47 Å². The lowest BCUT2D eigenvalue weighted by molar-refractivity contribution is -0.387. The summed E-state index contributed by atoms with van der Waals surface area (Å²) < 4.78 is 23.0. The Morgan fingerprint density at radius 2 is 2.29 bits per heavy atom. The molecule has 0 amide bonds. The second-order valence-corrected chi connectivity index (χ2v) is 3.31. The zero-order valence-electron chi connectivity index (χ0n) is 6.62. The average molecular weight is 264 g/mol. The Morgan fingerprint density at radius 1 is 1.57 bits per heavy atom. The van der Waals surface area contributed by atoms with Gasteiger partial charge in [0.25, 0.3) is 0 Å². The highest BCUT2D eigenvalue weighted by molar-refractivity contribution is 9.10. The van der Waals surface area contributed by atoms with Crippen molar-refractivity contribution in [3.63, 3.8) is 0 Å². The second kappa shape index (κ2) is 3.09. The van der Waals surface area contributed by atoms with Crippen molar-refractivity contribution in [3.8, 4) is 11.5 Å². The number of nitrogens with zero attached hydrogens (tertiary/aromatic N) is 1. The number of benzene rings is 1. The van der Waals surface area contributed by atoms with Crippen LogP contribution in [0.5, 0.6) is 11.5 Å². The molecule has 0 unspecified atom stereocenters. The Labute approximate surface area is 85.7 Å². The molecule has 7 heteroatoms. The Balaban J connectivity index is 2.67. The molecule has 1 aromatic rings. The van der Waals surface area contributed by atoms with Crippen LogP contribution in [0, 0.1) is 15.9 Å². The maximum atomic E-state index is 13.3. The van der Waals surface area contributed by atoms with Crippen LogP contribution in [0.25, 0.3) is 0 Å². The molecule has 0 aliphatic carbocycles. The molecule has 5 nitrogen and oxygen atoms in total. The Kier molecular flexibility index (Phi) is 2.03. The zero-order chi connectivity index (χ0) is 10.3. The molecule has 0 saturated carbocycles. The highest BCUT2D eigenvalue weighted by Gasteiger charge is 2.28. The molecule has 2 rings (SSSR count). The van der Waals surface area contributed by atoms with Crippen LogP contribution in [0.3, 0.4) is 0 Å². The van der Waals surface area contributed by atoms with E-state index in [1.54, 1.807) is 0 Å². The van der Waals surface area contributed by atoms with Crippen LogP contribution in [0.2, 0.25) is 0 Å². The topological polar surface area (TPSA) is 61.6 Å². The Morgan fingerprint density at radius 3 is 2.93 bits per heavy atom. The smallest absolute Gasteiger partial charge is 0.309 e. The van der Waals surface area contributed by atoms with Gasteiger partial charge >= 0.3 is 5.69 Å². The molecule has 0 atom stereocenters. The van der Waals surface area contributed by atoms with Crippen molar-refractivity contribution >= 4 is 21.6 Å². The molecule has 0 fully saturated rings. The third kappa shape index (κ3) is 1.20. The Bertz CT molecular complexity index is 423. The molecule has 74 valence electrons. The summed E-state index contributed by atoms with van der Waals surface area (Å²) in [6.07, 6.45) is 0. The average Bonchev–Trinajstić information content (AvgIpc) is 2.58. The number of rotatable bonds is 1. The summed E-state index contributed by atoms with van der Waals surface area (Å²) in [5.41, 5.74) is -0.638. The summed E-state index contributed by atoms with van der Waals surface area (Å²) in [4.78, 5) is 9.60. The largest absolute Gasteiger partial charge is 0.453 e. The number of halogens is 2. The van der Waals surface area contributed by atoms with Gasteiger partial charge in [0.2, 0.25) is 12.6 Å². The van der Waals surface area contributed by atoms with Gasteiger partial charge in [-0.05, 0) is 15.9 Å². The van der Waals surface area contributed by atoms with E-state index in [0.717, 1.165) is 6.07 Å². The van der Waals surface area contributed by atoms with Crippen molar-refractivity contribution in [2.45, 2.75) is 0 Å². The quantitative estimate of drug-likeness (QED) is 0.576. The predicted molar refractivity (Wildman–Crippen MR) is 46.9 cm³/mol. The number of hydrogen-bond acceptors (Lipinski definition) is 4. The lowest BCUT2D eigenvalue weighted by Crippen LogP contribution is -1.94. The fraction of sp³-hybridized carbons (Fsp3) is 0.143. The van der Waals surface area contributed by atoms with Gasteiger partial charge in [0.15, 0.2) is 11.5 Å². The minimum Gasteiger partial charge on any atom is -0.453 e. The number of fused-ring (bicyclic) bond motifs is 1. The van der Waals surface area contributed by atoms with Crippen molar-refractivity contribution in [1.29, 1.82) is 0 Å². The zero-order valence-corrected chi connectivity index (χ0v) is 8.21. The first-order chi connectivity index (χ1) is 6.61. The maximum Gasteiger partial charge on any atom is 0.309 e. The third-order valence-electron chi connectivity index (χ3n) is 1.72. The summed E-state index contributed by atoms with van der Waals surface area (Å²) >= 11 is 2.87. The molecule has 0 radical (unpaired) electrons. The van der Waals surface area contributed by atoms with Crippen molar-refractivity contribution in [1.82, 2.24) is 0 Å². The minimum atomic E-state index is -0.959. The normalized spacial score (nSPS) is 13.0. The molecular weight excluding hydrogens is 261 g/mol. The minimum absolute atomic E-state index is 0.0610. The summed E-state index contributed by atoms with van der Waals surface area (Å²) in [6.45, 7) is -0.0610. The van der Waals surface area contributed by atoms with Gasteiger partial charge in [-0.25, -0.2) is 0 Å². The van der Waals surface area contributed by atoms with Gasteiger partial charge in [0.05, 0.1) is 11.0 Å². The van der Waals surface area contributed by atoms with E-state index in [1.807, 2.05) is 0 Å². The van der Waals surface area contributed by atoms with Crippen molar-refractivity contribution in [3.05, 3.63) is 26.5 Å². The van der Waals surface area contributed by atoms with E-state index in [2.05, 4.69) is 15.9 Å². The van der Waals surface area contributed by atoms with Crippen LogP contribution in [0.4, 0.5) is 10.1 Å². The number of nitro benzene ring substituents is 1. The highest BCUT2D eigenvalue weighted by atomic mass is 79.9. The van der Waals surface area contributed by atoms with Gasteiger partial charge in [-0.3, -0.25) is 10.1 Å². The van der Waals surface area contributed by atoms with Crippen LogP contribution in [-0.4, -0.2) is 11.7 Å². The molecule has 1 aromatic carbocycles. The van der Waals surface area contributed by atoms with E-state index in [-0.39, 0.29) is 22.8 Å². The first-order valence-corrected chi connectivity index (χ1v) is 4.32. The van der Waals surface area contributed by atoms with Crippen LogP contribution in [0.1, 0.15) is 0 Å². The lowest BCUT2D eigenvalue weighted by Gasteiger charge is -2.00. The summed E-state index contributed by atoms with van der Waals surface area (Å²) in [6, 6.07) is 1.00. The predicted octanol–water partition coefficient (Wildman–Crippen LogP) is 2.23. The van der Waals surface area contributed by atoms with E-state index in [9.17, 15) is 14.5 Å². The molecule has 1 aliphatic rings. The Hall–Kier alpha value is -1.37. The number of hydrogen-bond donors (Lipinski definition) is 0. The van der Waals surface area contributed by atoms with Gasteiger partial charge in [-0.2, -0.15) is 4.39 Å². The molecular formula is C7H3BrFNO4. The maximum absolute atomic E-state index is 13.3. The van der Waals surface area contributed by atoms with Gasteiger partial charge in [0, 0.05) is 0 Å². The van der Waals surface area contributed by atoms with E-state index in [1.165, 1.54) is 0 Å². The van der Waals surface area contributed by atoms with Crippen molar-refractivity contribution in [2.24, 2.45) is 0 Å². The standard InChI is InChI=1S/C7H3BrFNO4/c8-5-6(9)3(10(11)12)1-4-7(5)14-2-13-4/h1H,2H2. The molecule has 0 aromatic heterocycles. The van der Waals surface area contributed by atoms with E-state index < -0.39 is 16.4 Å². The number of ether oxygens (including phenoxy) is 2. The summed E-state index contributed by atoms with van der Waals surface area (Å²) in [5, 5.41) is 10.4. The van der Waals surface area contributed by atoms with E-state index in [0.29, 0.717) is 0 Å². The lowest BCUT2D eigenvalue weighted by atomic mass is 10.2. The van der Waals surface area contributed by atoms with Crippen LogP contribution in [0.15, 0.2) is 10.5 Å². The van der Waals surface area contributed by atoms with Crippen LogP contribution >= 0.6 is 15.9 Å². The molecule has 0 bridgehead atoms. The molecule has 0 N–H and O–H groups in total. The van der Waals surface area contributed by atoms with Crippen molar-refractivity contribution in [2.75, 3.05) is 6.79 Å². The molecule has 1 heterocycles. The monoisotopic (exact) mass is 263 g/mol. The van der Waals surface area contributed by atoms with E-state index >= 15 is 0 Å². The molecule has 0 saturated heterocycles. The first-order valence-electron chi connectivity index (χ1n) is 3.53. The van der Waals surface area contributed by atoms with Gasteiger partial charge in [-0.15, -0.1) is 0 Å². The van der Waals surface area contributed by atoms with Crippen LogP contribution < -0.4 is 9.47 Å². The SMILES string of the molecule is O=[N+]([O-])c1cc2c(c(Br)c1F)OCO2. The van der Waals surface area contributed by atoms with Crippen molar-refractivity contribution < 1.29 is 18.8 Å². The first kappa shape index (κ1) is 9.20. The molecule has 0 spiro atoms. The summed E-state index contributed by atoms with van der Waals surface area (Å²) in [7, 11) is 0. The fourth-order valence-corrected chi connectivity index (χ4v) is 1.61. The van der Waals surface area contributed by atoms with Crippen LogP contribution in [-0.2, 0) is 0 Å². The fourth-order valence-electron chi connectivity index (χ4n) is 1.10. The van der Waals surface area contributed by atoms with E-state index in [4.69, 9.17) is 9.47 Å². The summed E-state index contributed by atoms with van der Waals surface area (Å²) in [5.74, 6) is -0.627. The highest BCUT2D eigenvalue weighted by Crippen LogP contribution is 2.44. The third-order valence-corrected chi connectivity index (χ3v) is 2.43.